The zero-order chi connectivity index (χ0) is 16.2. The van der Waals surface area contributed by atoms with Crippen molar-refractivity contribution in [1.82, 2.24) is 0 Å². The van der Waals surface area contributed by atoms with Gasteiger partial charge < -0.3 is 10.1 Å². The minimum absolute atomic E-state index is 0.108. The average Bonchev–Trinajstić information content (AvgIpc) is 2.47. The van der Waals surface area contributed by atoms with Crippen molar-refractivity contribution in [2.45, 2.75) is 19.4 Å². The van der Waals surface area contributed by atoms with Crippen molar-refractivity contribution in [3.63, 3.8) is 0 Å². The largest absolute Gasteiger partial charge is 0.464 e. The van der Waals surface area contributed by atoms with E-state index in [0.717, 1.165) is 4.90 Å². The molecule has 1 fully saturated rings. The lowest BCUT2D eigenvalue weighted by Crippen LogP contribution is -2.80. The number of nitrogens with one attached hydrogen (secondary N) is 1. The van der Waals surface area contributed by atoms with Gasteiger partial charge in [-0.1, -0.05) is 30.1 Å². The molecule has 2 aliphatic rings. The first kappa shape index (κ1) is 15.1. The topological polar surface area (TPSA) is 75.7 Å². The molecule has 116 valence electrons. The predicted octanol–water partition coefficient (Wildman–Crippen LogP) is 2.23. The van der Waals surface area contributed by atoms with Gasteiger partial charge in [-0.3, -0.25) is 14.5 Å². The SMILES string of the molecule is CCOC(=O)C12C(=O)Nc3cc(Cl)c(Cl)cc3N1C(=O)C2C. The van der Waals surface area contributed by atoms with Gasteiger partial charge in [0.25, 0.3) is 5.91 Å². The number of hydrogen-bond donors (Lipinski definition) is 1. The Morgan fingerprint density at radius 1 is 1.36 bits per heavy atom. The normalized spacial score (nSPS) is 25.8. The molecule has 1 aromatic rings. The highest BCUT2D eigenvalue weighted by Gasteiger charge is 2.71. The summed E-state index contributed by atoms with van der Waals surface area (Å²) in [7, 11) is 0. The summed E-state index contributed by atoms with van der Waals surface area (Å²) in [5.74, 6) is -2.52. The molecule has 2 unspecified atom stereocenters. The van der Waals surface area contributed by atoms with Gasteiger partial charge in [0.2, 0.25) is 11.4 Å². The van der Waals surface area contributed by atoms with Crippen LogP contribution in [0.15, 0.2) is 12.1 Å². The lowest BCUT2D eigenvalue weighted by atomic mass is 9.71. The molecular weight excluding hydrogens is 331 g/mol. The van der Waals surface area contributed by atoms with Crippen LogP contribution in [0.4, 0.5) is 11.4 Å². The second-order valence-corrected chi connectivity index (χ2v) is 5.93. The van der Waals surface area contributed by atoms with E-state index < -0.39 is 23.3 Å². The smallest absolute Gasteiger partial charge is 0.343 e. The van der Waals surface area contributed by atoms with E-state index in [0.29, 0.717) is 11.4 Å². The first-order valence-corrected chi connectivity index (χ1v) is 7.43. The standard InChI is InChI=1S/C14H12Cl2N2O4/c1-3-22-13(21)14-6(2)11(19)18(14)10-5-8(16)7(15)4-9(10)17-12(14)20/h4-6H,3H2,1-2H3,(H,17,20). The Labute approximate surface area is 136 Å². The van der Waals surface area contributed by atoms with Gasteiger partial charge >= 0.3 is 5.97 Å². The summed E-state index contributed by atoms with van der Waals surface area (Å²) in [6.45, 7) is 3.27. The van der Waals surface area contributed by atoms with Gasteiger partial charge in [-0.2, -0.15) is 0 Å². The Morgan fingerprint density at radius 3 is 2.64 bits per heavy atom. The maximum Gasteiger partial charge on any atom is 0.343 e. The van der Waals surface area contributed by atoms with Gasteiger partial charge in [0.1, 0.15) is 0 Å². The van der Waals surface area contributed by atoms with Crippen LogP contribution in [0.25, 0.3) is 0 Å². The fourth-order valence-corrected chi connectivity index (χ4v) is 3.24. The van der Waals surface area contributed by atoms with Crippen molar-refractivity contribution in [3.8, 4) is 0 Å². The molecule has 1 saturated heterocycles. The zero-order valence-corrected chi connectivity index (χ0v) is 13.3. The molecule has 1 aromatic carbocycles. The Hall–Kier alpha value is -1.79. The van der Waals surface area contributed by atoms with E-state index in [4.69, 9.17) is 27.9 Å². The number of ether oxygens (including phenoxy) is 1. The number of nitrogens with zero attached hydrogens (tertiary/aromatic N) is 1. The molecule has 2 heterocycles. The molecule has 6 nitrogen and oxygen atoms in total. The zero-order valence-electron chi connectivity index (χ0n) is 11.8. The first-order valence-electron chi connectivity index (χ1n) is 6.67. The van der Waals surface area contributed by atoms with Crippen LogP contribution in [0.1, 0.15) is 13.8 Å². The summed E-state index contributed by atoms with van der Waals surface area (Å²) in [6.07, 6.45) is 0. The predicted molar refractivity (Wildman–Crippen MR) is 81.1 cm³/mol. The van der Waals surface area contributed by atoms with Crippen molar-refractivity contribution in [1.29, 1.82) is 0 Å². The monoisotopic (exact) mass is 342 g/mol. The Bertz CT molecular complexity index is 721. The van der Waals surface area contributed by atoms with Crippen LogP contribution < -0.4 is 10.2 Å². The van der Waals surface area contributed by atoms with Gasteiger partial charge in [-0.25, -0.2) is 4.79 Å². The average molecular weight is 343 g/mol. The minimum Gasteiger partial charge on any atom is -0.464 e. The van der Waals surface area contributed by atoms with Gasteiger partial charge in [0.05, 0.1) is 33.9 Å². The summed E-state index contributed by atoms with van der Waals surface area (Å²) in [5.41, 5.74) is -1.01. The van der Waals surface area contributed by atoms with Crippen LogP contribution in [0.3, 0.4) is 0 Å². The number of halogens is 2. The summed E-state index contributed by atoms with van der Waals surface area (Å²) < 4.78 is 5.01. The number of benzene rings is 1. The molecule has 0 spiro atoms. The van der Waals surface area contributed by atoms with E-state index in [1.165, 1.54) is 19.1 Å². The quantitative estimate of drug-likeness (QED) is 0.508. The molecule has 0 saturated carbocycles. The number of carbonyl (C=O) groups excluding carboxylic acids is 3. The van der Waals surface area contributed by atoms with Crippen LogP contribution in [0.2, 0.25) is 10.0 Å². The fraction of sp³-hybridized carbons (Fsp3) is 0.357. The highest BCUT2D eigenvalue weighted by Crippen LogP contribution is 2.50. The Balaban J connectivity index is 2.19. The van der Waals surface area contributed by atoms with E-state index in [1.54, 1.807) is 6.92 Å². The van der Waals surface area contributed by atoms with Crippen LogP contribution in [0.5, 0.6) is 0 Å². The molecule has 2 amide bonds. The maximum absolute atomic E-state index is 12.5. The number of fused-ring (bicyclic) bond motifs is 3. The van der Waals surface area contributed by atoms with Crippen molar-refractivity contribution < 1.29 is 19.1 Å². The van der Waals surface area contributed by atoms with Crippen molar-refractivity contribution >= 4 is 52.4 Å². The number of rotatable bonds is 2. The van der Waals surface area contributed by atoms with Crippen molar-refractivity contribution in [3.05, 3.63) is 22.2 Å². The van der Waals surface area contributed by atoms with Crippen LogP contribution >= 0.6 is 23.2 Å². The number of esters is 1. The van der Waals surface area contributed by atoms with E-state index in [-0.39, 0.29) is 22.6 Å². The molecule has 8 heteroatoms. The molecule has 0 radical (unpaired) electrons. The third kappa shape index (κ3) is 1.65. The van der Waals surface area contributed by atoms with Crippen LogP contribution in [0, 0.1) is 5.92 Å². The molecule has 0 bridgehead atoms. The second kappa shape index (κ2) is 4.86. The Kier molecular flexibility index (Phi) is 3.34. The summed E-state index contributed by atoms with van der Waals surface area (Å²) >= 11 is 11.9. The molecule has 3 rings (SSSR count). The molecule has 0 aromatic heterocycles. The van der Waals surface area contributed by atoms with E-state index >= 15 is 0 Å². The lowest BCUT2D eigenvalue weighted by molar-refractivity contribution is -0.165. The van der Waals surface area contributed by atoms with Crippen molar-refractivity contribution in [2.75, 3.05) is 16.8 Å². The molecule has 22 heavy (non-hydrogen) atoms. The van der Waals surface area contributed by atoms with Crippen molar-refractivity contribution in [2.24, 2.45) is 5.92 Å². The lowest BCUT2D eigenvalue weighted by Gasteiger charge is -2.55. The number of carbonyl (C=O) groups is 3. The highest BCUT2D eigenvalue weighted by molar-refractivity contribution is 6.43. The maximum atomic E-state index is 12.5. The van der Waals surface area contributed by atoms with Gasteiger partial charge in [-0.15, -0.1) is 0 Å². The highest BCUT2D eigenvalue weighted by atomic mass is 35.5. The van der Waals surface area contributed by atoms with Crippen LogP contribution in [-0.2, 0) is 19.1 Å². The minimum atomic E-state index is -1.68. The van der Waals surface area contributed by atoms with Crippen LogP contribution in [-0.4, -0.2) is 29.9 Å². The molecule has 0 aliphatic carbocycles. The molecule has 2 atom stereocenters. The van der Waals surface area contributed by atoms with E-state index in [1.807, 2.05) is 0 Å². The van der Waals surface area contributed by atoms with E-state index in [9.17, 15) is 14.4 Å². The summed E-state index contributed by atoms with van der Waals surface area (Å²) in [5, 5.41) is 3.08. The molecule has 1 N–H and O–H groups in total. The third-order valence-corrected chi connectivity index (χ3v) is 4.75. The number of amides is 2. The fourth-order valence-electron chi connectivity index (χ4n) is 2.92. The van der Waals surface area contributed by atoms with Gasteiger partial charge in [-0.05, 0) is 19.1 Å². The number of β-lactam (4-membered cyclic amide) rings is 1. The van der Waals surface area contributed by atoms with Gasteiger partial charge in [0, 0.05) is 0 Å². The number of anilines is 2. The third-order valence-electron chi connectivity index (χ3n) is 4.03. The molecular formula is C14H12Cl2N2O4. The molecule has 2 aliphatic heterocycles. The summed E-state index contributed by atoms with van der Waals surface area (Å²) in [6, 6.07) is 2.90. The first-order chi connectivity index (χ1) is 10.4. The Morgan fingerprint density at radius 2 is 2.00 bits per heavy atom. The summed E-state index contributed by atoms with van der Waals surface area (Å²) in [4.78, 5) is 38.3. The second-order valence-electron chi connectivity index (χ2n) is 5.12. The van der Waals surface area contributed by atoms with E-state index in [2.05, 4.69) is 5.32 Å². The van der Waals surface area contributed by atoms with Gasteiger partial charge in [0.15, 0.2) is 0 Å². The number of hydrogen-bond acceptors (Lipinski definition) is 4.